The number of benzene rings is 7. The van der Waals surface area contributed by atoms with E-state index in [-0.39, 0.29) is 0 Å². The molecule has 4 heterocycles. The smallest absolute Gasteiger partial charge is 0.235 e. The first-order valence-electron chi connectivity index (χ1n) is 15.9. The van der Waals surface area contributed by atoms with Crippen LogP contribution in [0.3, 0.4) is 0 Å². The second-order valence-corrected chi connectivity index (χ2v) is 12.2. The molecule has 0 unspecified atom stereocenters. The van der Waals surface area contributed by atoms with Crippen molar-refractivity contribution in [3.8, 4) is 34.4 Å². The fraction of sp³-hybridized carbons (Fsp3) is 0. The van der Waals surface area contributed by atoms with Gasteiger partial charge in [-0.3, -0.25) is 4.57 Å². The van der Waals surface area contributed by atoms with E-state index in [0.29, 0.717) is 5.95 Å². The predicted molar refractivity (Wildman–Crippen MR) is 191 cm³/mol. The third-order valence-electron chi connectivity index (χ3n) is 9.71. The highest BCUT2D eigenvalue weighted by Crippen LogP contribution is 2.46. The molecular weight excluding hydrogens is 576 g/mol. The van der Waals surface area contributed by atoms with Crippen LogP contribution in [0.25, 0.3) is 88.2 Å². The van der Waals surface area contributed by atoms with Crippen molar-refractivity contribution in [2.24, 2.45) is 0 Å². The lowest BCUT2D eigenvalue weighted by Gasteiger charge is -2.21. The van der Waals surface area contributed by atoms with Crippen LogP contribution in [-0.4, -0.2) is 19.1 Å². The van der Waals surface area contributed by atoms with Crippen LogP contribution >= 0.6 is 0 Å². The van der Waals surface area contributed by atoms with Gasteiger partial charge >= 0.3 is 0 Å². The Hall–Kier alpha value is -6.46. The molecule has 0 saturated carbocycles. The Bertz CT molecular complexity index is 2940. The first kappa shape index (κ1) is 24.8. The molecule has 0 fully saturated rings. The van der Waals surface area contributed by atoms with Gasteiger partial charge in [-0.25, -0.2) is 9.97 Å². The van der Waals surface area contributed by atoms with Crippen LogP contribution in [0.5, 0.6) is 11.5 Å². The average Bonchev–Trinajstić information content (AvgIpc) is 3.65. The Morgan fingerprint density at radius 2 is 1.11 bits per heavy atom. The lowest BCUT2D eigenvalue weighted by atomic mass is 10.0. The van der Waals surface area contributed by atoms with E-state index in [2.05, 4.69) is 124 Å². The van der Waals surface area contributed by atoms with Crippen LogP contribution in [0.15, 0.2) is 146 Å². The van der Waals surface area contributed by atoms with Crippen LogP contribution in [-0.2, 0) is 0 Å². The zero-order valence-electron chi connectivity index (χ0n) is 25.1. The Balaban J connectivity index is 1.30. The Labute approximate surface area is 268 Å². The van der Waals surface area contributed by atoms with Gasteiger partial charge in [0, 0.05) is 38.2 Å². The number of para-hydroxylation sites is 4. The highest BCUT2D eigenvalue weighted by Gasteiger charge is 2.25. The molecule has 5 heteroatoms. The lowest BCUT2D eigenvalue weighted by molar-refractivity contribution is 0.486. The summed E-state index contributed by atoms with van der Waals surface area (Å²) in [5, 5.41) is 8.13. The summed E-state index contributed by atoms with van der Waals surface area (Å²) in [6, 6.07) is 51.2. The Morgan fingerprint density at radius 1 is 0.426 bits per heavy atom. The summed E-state index contributed by atoms with van der Waals surface area (Å²) < 4.78 is 10.9. The van der Waals surface area contributed by atoms with Gasteiger partial charge in [0.2, 0.25) is 5.95 Å². The molecule has 11 rings (SSSR count). The maximum absolute atomic E-state index is 6.30. The van der Waals surface area contributed by atoms with E-state index in [9.17, 15) is 0 Å². The van der Waals surface area contributed by atoms with Crippen LogP contribution in [0, 0.1) is 0 Å². The van der Waals surface area contributed by atoms with Gasteiger partial charge in [0.25, 0.3) is 0 Å². The number of rotatable bonds is 2. The third-order valence-corrected chi connectivity index (χ3v) is 9.71. The Morgan fingerprint density at radius 3 is 2.00 bits per heavy atom. The van der Waals surface area contributed by atoms with Crippen LogP contribution < -0.4 is 4.74 Å². The molecule has 5 nitrogen and oxygen atoms in total. The van der Waals surface area contributed by atoms with Gasteiger partial charge in [0.05, 0.1) is 38.7 Å². The van der Waals surface area contributed by atoms with Crippen molar-refractivity contribution in [2.45, 2.75) is 0 Å². The average molecular weight is 601 g/mol. The van der Waals surface area contributed by atoms with Crippen molar-refractivity contribution in [3.63, 3.8) is 0 Å². The molecule has 7 aromatic carbocycles. The van der Waals surface area contributed by atoms with Crippen molar-refractivity contribution >= 4 is 65.3 Å². The van der Waals surface area contributed by atoms with Crippen LogP contribution in [0.4, 0.5) is 0 Å². The predicted octanol–water partition coefficient (Wildman–Crippen LogP) is 10.7. The van der Waals surface area contributed by atoms with Crippen molar-refractivity contribution < 1.29 is 4.74 Å². The minimum atomic E-state index is 0.645. The molecular formula is C42H24N4O. The zero-order valence-corrected chi connectivity index (χ0v) is 25.1. The van der Waals surface area contributed by atoms with Gasteiger partial charge < -0.3 is 9.30 Å². The van der Waals surface area contributed by atoms with E-state index in [1.165, 1.54) is 38.0 Å². The van der Waals surface area contributed by atoms with E-state index in [1.54, 1.807) is 0 Å². The van der Waals surface area contributed by atoms with E-state index in [4.69, 9.17) is 14.7 Å². The zero-order chi connectivity index (χ0) is 30.6. The summed E-state index contributed by atoms with van der Waals surface area (Å²) in [6.07, 6.45) is 0. The molecule has 0 amide bonds. The van der Waals surface area contributed by atoms with E-state index < -0.39 is 0 Å². The lowest BCUT2D eigenvalue weighted by Crippen LogP contribution is -2.06. The van der Waals surface area contributed by atoms with E-state index in [1.807, 2.05) is 30.3 Å². The summed E-state index contributed by atoms with van der Waals surface area (Å²) in [5.74, 6) is 2.24. The topological polar surface area (TPSA) is 44.9 Å². The number of aromatic nitrogens is 4. The maximum Gasteiger partial charge on any atom is 0.235 e. The minimum absolute atomic E-state index is 0.645. The van der Waals surface area contributed by atoms with Gasteiger partial charge in [-0.1, -0.05) is 91.0 Å². The quantitative estimate of drug-likeness (QED) is 0.198. The molecule has 0 N–H and O–H groups in total. The fourth-order valence-electron chi connectivity index (χ4n) is 7.78. The molecule has 0 radical (unpaired) electrons. The number of hydrogen-bond donors (Lipinski definition) is 0. The van der Waals surface area contributed by atoms with Gasteiger partial charge in [0.1, 0.15) is 11.5 Å². The number of nitrogens with zero attached hydrogens (tertiary/aromatic N) is 4. The van der Waals surface area contributed by atoms with Gasteiger partial charge in [-0.15, -0.1) is 0 Å². The van der Waals surface area contributed by atoms with E-state index in [0.717, 1.165) is 55.8 Å². The number of fused-ring (bicyclic) bond motifs is 11. The summed E-state index contributed by atoms with van der Waals surface area (Å²) >= 11 is 0. The normalized spacial score (nSPS) is 12.4. The van der Waals surface area contributed by atoms with Crippen molar-refractivity contribution in [1.29, 1.82) is 0 Å². The van der Waals surface area contributed by atoms with Gasteiger partial charge in [-0.05, 0) is 60.0 Å². The van der Waals surface area contributed by atoms with Crippen LogP contribution in [0.1, 0.15) is 0 Å². The molecule has 47 heavy (non-hydrogen) atoms. The highest BCUT2D eigenvalue weighted by molar-refractivity contribution is 6.28. The highest BCUT2D eigenvalue weighted by atomic mass is 16.5. The van der Waals surface area contributed by atoms with Crippen molar-refractivity contribution in [2.75, 3.05) is 0 Å². The van der Waals surface area contributed by atoms with Gasteiger partial charge in [0.15, 0.2) is 0 Å². The van der Waals surface area contributed by atoms with Crippen molar-refractivity contribution in [1.82, 2.24) is 19.1 Å². The fourth-order valence-corrected chi connectivity index (χ4v) is 7.78. The number of hydrogen-bond acceptors (Lipinski definition) is 3. The molecule has 0 saturated heterocycles. The third kappa shape index (κ3) is 3.27. The van der Waals surface area contributed by atoms with E-state index >= 15 is 0 Å². The summed E-state index contributed by atoms with van der Waals surface area (Å²) in [5.41, 5.74) is 8.42. The number of ether oxygens (including phenoxy) is 1. The van der Waals surface area contributed by atoms with Gasteiger partial charge in [-0.2, -0.15) is 0 Å². The SMILES string of the molecule is c1ccc(-n2c3ccccc3c3c4ccc5c6ccccc6n(-c6nc7c8c(cccc8n6)Oc6ccccc6-7)c5c4ccc32)cc1. The summed E-state index contributed by atoms with van der Waals surface area (Å²) in [4.78, 5) is 10.6. The largest absolute Gasteiger partial charge is 0.456 e. The molecule has 10 aromatic rings. The Kier molecular flexibility index (Phi) is 4.78. The van der Waals surface area contributed by atoms with Crippen LogP contribution in [0.2, 0.25) is 0 Å². The second kappa shape index (κ2) is 9.05. The first-order valence-corrected chi connectivity index (χ1v) is 15.9. The molecule has 0 bridgehead atoms. The molecule has 3 aromatic heterocycles. The molecule has 0 aliphatic carbocycles. The summed E-state index contributed by atoms with van der Waals surface area (Å²) in [6.45, 7) is 0. The summed E-state index contributed by atoms with van der Waals surface area (Å²) in [7, 11) is 0. The minimum Gasteiger partial charge on any atom is -0.456 e. The molecule has 218 valence electrons. The molecule has 0 atom stereocenters. The standard InChI is InChI=1S/C42H24N4O/c1-2-11-25(12-3-1)45-34-18-8-5-14-30(34)38-27-21-22-28-26-13-4-7-17-33(26)46(41(28)29(27)23-24-35(38)45)42-43-32-16-10-20-37-39(32)40(44-42)31-15-6-9-19-36(31)47-37/h1-24H. The molecule has 1 aliphatic rings. The monoisotopic (exact) mass is 600 g/mol. The molecule has 0 spiro atoms. The maximum atomic E-state index is 6.30. The first-order chi connectivity index (χ1) is 23.3. The second-order valence-electron chi connectivity index (χ2n) is 12.2. The molecule has 1 aliphatic heterocycles. The van der Waals surface area contributed by atoms with Crippen molar-refractivity contribution in [3.05, 3.63) is 146 Å².